The Bertz CT molecular complexity index is 687. The lowest BCUT2D eigenvalue weighted by molar-refractivity contribution is -0.150. The van der Waals surface area contributed by atoms with E-state index in [1.54, 1.807) is 0 Å². The Balaban J connectivity index is 1.94. The number of halogens is 1. The van der Waals surface area contributed by atoms with E-state index in [1.165, 1.54) is 12.1 Å². The molecule has 0 spiro atoms. The molecular formula is C14H18ClNO4S2. The van der Waals surface area contributed by atoms with Gasteiger partial charge in [-0.15, -0.1) is 11.3 Å². The third-order valence-electron chi connectivity index (χ3n) is 5.00. The highest BCUT2D eigenvalue weighted by Gasteiger charge is 2.55. The zero-order chi connectivity index (χ0) is 16.0. The third kappa shape index (κ3) is 2.68. The number of hydrogen-bond acceptors (Lipinski definition) is 4. The highest BCUT2D eigenvalue weighted by molar-refractivity contribution is 7.91. The summed E-state index contributed by atoms with van der Waals surface area (Å²) in [7, 11) is -3.73. The maximum absolute atomic E-state index is 12.6. The fourth-order valence-corrected chi connectivity index (χ4v) is 6.76. The predicted molar refractivity (Wildman–Crippen MR) is 84.7 cm³/mol. The number of hydrogen-bond donors (Lipinski definition) is 2. The van der Waals surface area contributed by atoms with E-state index in [9.17, 15) is 18.3 Å². The lowest BCUT2D eigenvalue weighted by Gasteiger charge is -2.32. The summed E-state index contributed by atoms with van der Waals surface area (Å²) in [6.45, 7) is 0. The van der Waals surface area contributed by atoms with E-state index < -0.39 is 27.4 Å². The van der Waals surface area contributed by atoms with Crippen molar-refractivity contribution in [3.8, 4) is 0 Å². The van der Waals surface area contributed by atoms with Crippen molar-refractivity contribution >= 4 is 38.9 Å². The molecule has 0 aliphatic heterocycles. The van der Waals surface area contributed by atoms with Crippen molar-refractivity contribution < 1.29 is 18.3 Å². The van der Waals surface area contributed by atoms with Crippen LogP contribution in [0, 0.1) is 11.3 Å². The zero-order valence-electron chi connectivity index (χ0n) is 11.9. The number of nitrogens with one attached hydrogen (secondary N) is 1. The smallest absolute Gasteiger partial charge is 0.311 e. The van der Waals surface area contributed by atoms with Gasteiger partial charge in [-0.25, -0.2) is 13.1 Å². The van der Waals surface area contributed by atoms with Crippen LogP contribution >= 0.6 is 22.9 Å². The molecule has 1 aromatic rings. The number of thiophene rings is 1. The standard InChI is InChI=1S/C14H18ClNO4S2/c15-10-4-5-11(21-10)22(19,20)16-12-9-3-1-2-7-14(12,8-6-9)13(17)18/h4-5,9,12,16H,1-3,6-8H2,(H,17,18). The maximum Gasteiger partial charge on any atom is 0.311 e. The van der Waals surface area contributed by atoms with Crippen molar-refractivity contribution in [1.82, 2.24) is 4.72 Å². The molecule has 8 heteroatoms. The molecule has 1 aromatic heterocycles. The van der Waals surface area contributed by atoms with E-state index in [4.69, 9.17) is 11.6 Å². The fourth-order valence-electron chi connectivity index (χ4n) is 3.88. The average Bonchev–Trinajstić information content (AvgIpc) is 2.93. The van der Waals surface area contributed by atoms with Crippen LogP contribution in [0.3, 0.4) is 0 Å². The molecule has 2 aliphatic rings. The molecule has 0 amide bonds. The third-order valence-corrected chi connectivity index (χ3v) is 8.16. The van der Waals surface area contributed by atoms with Gasteiger partial charge in [0.25, 0.3) is 0 Å². The zero-order valence-corrected chi connectivity index (χ0v) is 14.3. The summed E-state index contributed by atoms with van der Waals surface area (Å²) in [6.07, 6.45) is 4.54. The van der Waals surface area contributed by atoms with Crippen molar-refractivity contribution in [3.05, 3.63) is 16.5 Å². The summed E-state index contributed by atoms with van der Waals surface area (Å²) >= 11 is 6.80. The molecule has 5 nitrogen and oxygen atoms in total. The van der Waals surface area contributed by atoms with Gasteiger partial charge < -0.3 is 5.11 Å². The molecule has 3 unspecified atom stereocenters. The SMILES string of the molecule is O=C(O)C12CCCCC(CC1)C2NS(=O)(=O)c1ccc(Cl)s1. The molecule has 0 aromatic carbocycles. The monoisotopic (exact) mass is 363 g/mol. The molecule has 3 atom stereocenters. The first-order chi connectivity index (χ1) is 10.3. The van der Waals surface area contributed by atoms with Crippen molar-refractivity contribution in [1.29, 1.82) is 0 Å². The molecule has 2 aliphatic carbocycles. The molecule has 1 heterocycles. The normalized spacial score (nSPS) is 31.9. The van der Waals surface area contributed by atoms with E-state index in [-0.39, 0.29) is 10.1 Å². The number of rotatable bonds is 4. The van der Waals surface area contributed by atoms with E-state index in [1.807, 2.05) is 0 Å². The van der Waals surface area contributed by atoms with Gasteiger partial charge in [-0.3, -0.25) is 4.79 Å². The van der Waals surface area contributed by atoms with Gasteiger partial charge in [0.1, 0.15) is 4.21 Å². The van der Waals surface area contributed by atoms with Gasteiger partial charge in [0.15, 0.2) is 0 Å². The second-order valence-corrected chi connectivity index (χ2v) is 9.82. The first-order valence-electron chi connectivity index (χ1n) is 7.36. The van der Waals surface area contributed by atoms with Crippen LogP contribution in [0.2, 0.25) is 4.34 Å². The first kappa shape index (κ1) is 16.2. The highest BCUT2D eigenvalue weighted by Crippen LogP contribution is 2.50. The van der Waals surface area contributed by atoms with E-state index >= 15 is 0 Å². The molecule has 122 valence electrons. The molecular weight excluding hydrogens is 346 g/mol. The molecule has 22 heavy (non-hydrogen) atoms. The summed E-state index contributed by atoms with van der Waals surface area (Å²) in [6, 6.07) is 2.47. The average molecular weight is 364 g/mol. The summed E-state index contributed by atoms with van der Waals surface area (Å²) in [5, 5.41) is 9.73. The molecule has 2 bridgehead atoms. The van der Waals surface area contributed by atoms with Crippen LogP contribution in [0.4, 0.5) is 0 Å². The lowest BCUT2D eigenvalue weighted by Crippen LogP contribution is -2.50. The van der Waals surface area contributed by atoms with Gasteiger partial charge >= 0.3 is 5.97 Å². The minimum absolute atomic E-state index is 0.101. The Morgan fingerprint density at radius 1 is 1.32 bits per heavy atom. The Kier molecular flexibility index (Phi) is 4.26. The number of carboxylic acids is 1. The lowest BCUT2D eigenvalue weighted by atomic mass is 9.78. The van der Waals surface area contributed by atoms with Crippen molar-refractivity contribution in [3.63, 3.8) is 0 Å². The van der Waals surface area contributed by atoms with Gasteiger partial charge in [0, 0.05) is 6.04 Å². The second-order valence-electron chi connectivity index (χ2n) is 6.16. The Morgan fingerprint density at radius 2 is 2.09 bits per heavy atom. The van der Waals surface area contributed by atoms with Gasteiger partial charge in [-0.2, -0.15) is 0 Å². The van der Waals surface area contributed by atoms with E-state index in [2.05, 4.69) is 4.72 Å². The van der Waals surface area contributed by atoms with Gasteiger partial charge in [0.2, 0.25) is 10.0 Å². The van der Waals surface area contributed by atoms with Crippen LogP contribution in [0.1, 0.15) is 38.5 Å². The quantitative estimate of drug-likeness (QED) is 0.860. The van der Waals surface area contributed by atoms with Gasteiger partial charge in [-0.1, -0.05) is 24.4 Å². The first-order valence-corrected chi connectivity index (χ1v) is 10.0. The number of fused-ring (bicyclic) bond motifs is 2. The summed E-state index contributed by atoms with van der Waals surface area (Å²) in [5.74, 6) is -0.780. The largest absolute Gasteiger partial charge is 0.481 e. The van der Waals surface area contributed by atoms with Crippen LogP contribution in [-0.4, -0.2) is 25.5 Å². The van der Waals surface area contributed by atoms with E-state index in [0.29, 0.717) is 17.2 Å². The topological polar surface area (TPSA) is 83.5 Å². The second kappa shape index (κ2) is 5.78. The van der Waals surface area contributed by atoms with Crippen LogP contribution in [0.15, 0.2) is 16.3 Å². The van der Waals surface area contributed by atoms with Crippen molar-refractivity contribution in [2.75, 3.05) is 0 Å². The Hall–Kier alpha value is -0.630. The number of aliphatic carboxylic acids is 1. The maximum atomic E-state index is 12.6. The minimum atomic E-state index is -3.73. The fraction of sp³-hybridized carbons (Fsp3) is 0.643. The molecule has 0 saturated heterocycles. The highest BCUT2D eigenvalue weighted by atomic mass is 35.5. The molecule has 0 radical (unpaired) electrons. The van der Waals surface area contributed by atoms with Crippen LogP contribution in [0.5, 0.6) is 0 Å². The minimum Gasteiger partial charge on any atom is -0.481 e. The summed E-state index contributed by atoms with van der Waals surface area (Å²) < 4.78 is 28.3. The number of carboxylic acid groups (broad SMARTS) is 1. The summed E-state index contributed by atoms with van der Waals surface area (Å²) in [4.78, 5) is 11.9. The number of sulfonamides is 1. The number of carbonyl (C=O) groups is 1. The van der Waals surface area contributed by atoms with E-state index in [0.717, 1.165) is 37.0 Å². The molecule has 2 saturated carbocycles. The van der Waals surface area contributed by atoms with Gasteiger partial charge in [-0.05, 0) is 43.7 Å². The van der Waals surface area contributed by atoms with Crippen LogP contribution in [0.25, 0.3) is 0 Å². The van der Waals surface area contributed by atoms with Crippen LogP contribution < -0.4 is 4.72 Å². The van der Waals surface area contributed by atoms with Gasteiger partial charge in [0.05, 0.1) is 9.75 Å². The predicted octanol–water partition coefficient (Wildman–Crippen LogP) is 3.10. The molecule has 3 rings (SSSR count). The Morgan fingerprint density at radius 3 is 2.73 bits per heavy atom. The Labute approximate surface area is 138 Å². The van der Waals surface area contributed by atoms with Crippen LogP contribution in [-0.2, 0) is 14.8 Å². The summed E-state index contributed by atoms with van der Waals surface area (Å²) in [5.41, 5.74) is -0.963. The van der Waals surface area contributed by atoms with Crippen molar-refractivity contribution in [2.24, 2.45) is 11.3 Å². The molecule has 2 N–H and O–H groups in total. The molecule has 2 fully saturated rings. The van der Waals surface area contributed by atoms with Crippen molar-refractivity contribution in [2.45, 2.75) is 48.8 Å².